The summed E-state index contributed by atoms with van der Waals surface area (Å²) in [6, 6.07) is 1.41. The zero-order chi connectivity index (χ0) is 8.69. The maximum absolute atomic E-state index is 5.58. The van der Waals surface area contributed by atoms with E-state index in [2.05, 4.69) is 20.8 Å². The number of rotatable bonds is 6. The molecule has 2 atom stereocenters. The average molecular weight is 174 g/mol. The van der Waals surface area contributed by atoms with Crippen molar-refractivity contribution in [2.75, 3.05) is 6.61 Å². The van der Waals surface area contributed by atoms with Crippen LogP contribution in [0.5, 0.6) is 0 Å². The molecular formula is C9H22OSi. The molecule has 68 valence electrons. The van der Waals surface area contributed by atoms with Crippen LogP contribution in [0.4, 0.5) is 0 Å². The van der Waals surface area contributed by atoms with Gasteiger partial charge in [0.25, 0.3) is 0 Å². The molecule has 0 aromatic heterocycles. The zero-order valence-electron chi connectivity index (χ0n) is 8.39. The zero-order valence-corrected chi connectivity index (χ0v) is 10.4. The standard InChI is InChI=1S/C9H22OSi/c1-4-9(10-5-2)6-8(3)7-11/h8-9H,4-7H2,1-3,11H3. The molecule has 0 amide bonds. The highest BCUT2D eigenvalue weighted by atomic mass is 28.1. The van der Waals surface area contributed by atoms with Crippen LogP contribution in [0.3, 0.4) is 0 Å². The van der Waals surface area contributed by atoms with E-state index in [1.807, 2.05) is 0 Å². The van der Waals surface area contributed by atoms with E-state index in [0.717, 1.165) is 12.5 Å². The minimum Gasteiger partial charge on any atom is -0.379 e. The molecule has 1 nitrogen and oxygen atoms in total. The van der Waals surface area contributed by atoms with E-state index in [0.29, 0.717) is 6.10 Å². The maximum Gasteiger partial charge on any atom is 0.0574 e. The first-order valence-corrected chi connectivity index (χ1v) is 6.27. The molecule has 0 rings (SSSR count). The largest absolute Gasteiger partial charge is 0.379 e. The molecule has 0 aliphatic rings. The molecule has 0 heterocycles. The van der Waals surface area contributed by atoms with Crippen molar-refractivity contribution in [1.82, 2.24) is 0 Å². The normalized spacial score (nSPS) is 16.6. The first kappa shape index (κ1) is 11.2. The van der Waals surface area contributed by atoms with Crippen molar-refractivity contribution >= 4 is 10.2 Å². The van der Waals surface area contributed by atoms with Gasteiger partial charge in [-0.15, -0.1) is 0 Å². The molecule has 0 aliphatic heterocycles. The molecule has 0 saturated heterocycles. The van der Waals surface area contributed by atoms with Gasteiger partial charge in [0, 0.05) is 16.8 Å². The summed E-state index contributed by atoms with van der Waals surface area (Å²) in [4.78, 5) is 0. The molecule has 2 heteroatoms. The molecule has 11 heavy (non-hydrogen) atoms. The van der Waals surface area contributed by atoms with E-state index in [1.54, 1.807) is 0 Å². The summed E-state index contributed by atoms with van der Waals surface area (Å²) in [5, 5.41) is 0. The van der Waals surface area contributed by atoms with Crippen molar-refractivity contribution in [3.63, 3.8) is 0 Å². The molecular weight excluding hydrogens is 152 g/mol. The fourth-order valence-electron chi connectivity index (χ4n) is 1.20. The van der Waals surface area contributed by atoms with Crippen LogP contribution >= 0.6 is 0 Å². The Morgan fingerprint density at radius 1 is 1.36 bits per heavy atom. The van der Waals surface area contributed by atoms with Gasteiger partial charge in [-0.25, -0.2) is 0 Å². The van der Waals surface area contributed by atoms with Gasteiger partial charge in [0.2, 0.25) is 0 Å². The molecule has 0 bridgehead atoms. The Balaban J connectivity index is 3.49. The van der Waals surface area contributed by atoms with Gasteiger partial charge in [-0.1, -0.05) is 19.9 Å². The summed E-state index contributed by atoms with van der Waals surface area (Å²) >= 11 is 0. The molecule has 0 saturated carbocycles. The molecule has 2 unspecified atom stereocenters. The van der Waals surface area contributed by atoms with Gasteiger partial charge < -0.3 is 4.74 Å². The van der Waals surface area contributed by atoms with Crippen LogP contribution in [0.25, 0.3) is 0 Å². The molecule has 0 aromatic carbocycles. The van der Waals surface area contributed by atoms with Gasteiger partial charge in [-0.05, 0) is 25.7 Å². The highest BCUT2D eigenvalue weighted by Crippen LogP contribution is 2.13. The second-order valence-electron chi connectivity index (χ2n) is 3.23. The summed E-state index contributed by atoms with van der Waals surface area (Å²) < 4.78 is 5.58. The maximum atomic E-state index is 5.58. The van der Waals surface area contributed by atoms with E-state index in [4.69, 9.17) is 4.74 Å². The summed E-state index contributed by atoms with van der Waals surface area (Å²) in [6.45, 7) is 7.48. The third-order valence-electron chi connectivity index (χ3n) is 2.22. The fourth-order valence-corrected chi connectivity index (χ4v) is 1.54. The van der Waals surface area contributed by atoms with Gasteiger partial charge in [-0.3, -0.25) is 0 Å². The van der Waals surface area contributed by atoms with Crippen molar-refractivity contribution in [3.8, 4) is 0 Å². The molecule has 0 radical (unpaired) electrons. The number of hydrogen-bond donors (Lipinski definition) is 0. The lowest BCUT2D eigenvalue weighted by Gasteiger charge is -2.18. The summed E-state index contributed by atoms with van der Waals surface area (Å²) in [6.07, 6.45) is 2.94. The highest BCUT2D eigenvalue weighted by molar-refractivity contribution is 6.08. The Bertz CT molecular complexity index is 85.6. The lowest BCUT2D eigenvalue weighted by molar-refractivity contribution is 0.0456. The minimum atomic E-state index is 0.518. The summed E-state index contributed by atoms with van der Waals surface area (Å²) in [7, 11) is 1.33. The highest BCUT2D eigenvalue weighted by Gasteiger charge is 2.09. The summed E-state index contributed by atoms with van der Waals surface area (Å²) in [5.41, 5.74) is 0. The van der Waals surface area contributed by atoms with Crippen molar-refractivity contribution < 1.29 is 4.74 Å². The van der Waals surface area contributed by atoms with Gasteiger partial charge in [0.1, 0.15) is 0 Å². The lowest BCUT2D eigenvalue weighted by Crippen LogP contribution is -2.15. The van der Waals surface area contributed by atoms with Gasteiger partial charge in [0.15, 0.2) is 0 Å². The van der Waals surface area contributed by atoms with E-state index in [1.165, 1.54) is 29.1 Å². The van der Waals surface area contributed by atoms with Crippen LogP contribution in [0.1, 0.15) is 33.6 Å². The Morgan fingerprint density at radius 2 is 2.00 bits per heavy atom. The van der Waals surface area contributed by atoms with Crippen LogP contribution in [0.2, 0.25) is 6.04 Å². The van der Waals surface area contributed by atoms with Crippen molar-refractivity contribution in [2.24, 2.45) is 5.92 Å². The quantitative estimate of drug-likeness (QED) is 0.556. The molecule has 0 N–H and O–H groups in total. The molecule has 0 fully saturated rings. The Kier molecular flexibility index (Phi) is 6.97. The molecule has 0 aliphatic carbocycles. The number of ether oxygens (including phenoxy) is 1. The van der Waals surface area contributed by atoms with Crippen LogP contribution in [-0.4, -0.2) is 23.0 Å². The van der Waals surface area contributed by atoms with Crippen molar-refractivity contribution in [2.45, 2.75) is 45.8 Å². The second kappa shape index (κ2) is 6.86. The van der Waals surface area contributed by atoms with Gasteiger partial charge in [-0.2, -0.15) is 0 Å². The van der Waals surface area contributed by atoms with Crippen molar-refractivity contribution in [1.29, 1.82) is 0 Å². The van der Waals surface area contributed by atoms with E-state index >= 15 is 0 Å². The molecule has 0 spiro atoms. The predicted octanol–water partition coefficient (Wildman–Crippen LogP) is 1.61. The smallest absolute Gasteiger partial charge is 0.0574 e. The predicted molar refractivity (Wildman–Crippen MR) is 54.2 cm³/mol. The second-order valence-corrected chi connectivity index (χ2v) is 4.05. The van der Waals surface area contributed by atoms with E-state index in [-0.39, 0.29) is 0 Å². The van der Waals surface area contributed by atoms with E-state index < -0.39 is 0 Å². The van der Waals surface area contributed by atoms with Gasteiger partial charge >= 0.3 is 0 Å². The fraction of sp³-hybridized carbons (Fsp3) is 1.00. The van der Waals surface area contributed by atoms with Crippen LogP contribution in [0, 0.1) is 5.92 Å². The monoisotopic (exact) mass is 174 g/mol. The Morgan fingerprint density at radius 3 is 2.36 bits per heavy atom. The SMILES string of the molecule is CCOC(CC)CC(C)C[SiH3]. The first-order valence-electron chi connectivity index (χ1n) is 4.86. The third-order valence-corrected chi connectivity index (χ3v) is 3.61. The minimum absolute atomic E-state index is 0.518. The Labute approximate surface area is 73.9 Å². The lowest BCUT2D eigenvalue weighted by atomic mass is 10.0. The third kappa shape index (κ3) is 5.45. The summed E-state index contributed by atoms with van der Waals surface area (Å²) in [5.74, 6) is 0.873. The van der Waals surface area contributed by atoms with Crippen LogP contribution in [-0.2, 0) is 4.74 Å². The molecule has 0 aromatic rings. The van der Waals surface area contributed by atoms with Crippen LogP contribution < -0.4 is 0 Å². The van der Waals surface area contributed by atoms with E-state index in [9.17, 15) is 0 Å². The average Bonchev–Trinajstić information content (AvgIpc) is 2.03. The van der Waals surface area contributed by atoms with Gasteiger partial charge in [0.05, 0.1) is 6.10 Å². The van der Waals surface area contributed by atoms with Crippen molar-refractivity contribution in [3.05, 3.63) is 0 Å². The number of hydrogen-bond acceptors (Lipinski definition) is 1. The first-order chi connectivity index (χ1) is 5.24. The Hall–Kier alpha value is 0.177. The van der Waals surface area contributed by atoms with Crippen LogP contribution in [0.15, 0.2) is 0 Å². The topological polar surface area (TPSA) is 9.23 Å².